The fraction of sp³-hybridized carbons (Fsp3) is 1.00. The molecule has 0 aromatic heterocycles. The van der Waals surface area contributed by atoms with E-state index < -0.39 is 0 Å². The summed E-state index contributed by atoms with van der Waals surface area (Å²) >= 11 is 0.750. The summed E-state index contributed by atoms with van der Waals surface area (Å²) in [5, 5.41) is 0. The molecule has 0 aliphatic heterocycles. The summed E-state index contributed by atoms with van der Waals surface area (Å²) in [6.07, 6.45) is 0. The first kappa shape index (κ1) is 13.1. The number of hydrogen-bond donors (Lipinski definition) is 2. The SMILES string of the molecule is CC(N)C(C)(C)N.[CH3][Al][CH3]. The van der Waals surface area contributed by atoms with Crippen molar-refractivity contribution in [3.8, 4) is 0 Å². The van der Waals surface area contributed by atoms with Gasteiger partial charge in [-0.2, -0.15) is 0 Å². The molecular formula is C7H20AlN2. The molecule has 0 heterocycles. The first-order valence-corrected chi connectivity index (χ1v) is 5.95. The molecule has 2 nitrogen and oxygen atoms in total. The van der Waals surface area contributed by atoms with Gasteiger partial charge in [-0.1, -0.05) is 0 Å². The molecule has 1 unspecified atom stereocenters. The van der Waals surface area contributed by atoms with E-state index in [-0.39, 0.29) is 11.6 Å². The van der Waals surface area contributed by atoms with Crippen LogP contribution in [0.1, 0.15) is 20.8 Å². The smallest absolute Gasteiger partial charge is 0.191 e. The second kappa shape index (κ2) is 6.18. The normalized spacial score (nSPS) is 13.1. The standard InChI is InChI=1S/C5H14N2.2CH3.Al/c1-4(6)5(2,3)7;;;/h4H,6-7H2,1-3H3;2*1H3;. The van der Waals surface area contributed by atoms with Gasteiger partial charge >= 0.3 is 0 Å². The van der Waals surface area contributed by atoms with E-state index in [0.29, 0.717) is 0 Å². The second-order valence-electron chi connectivity index (χ2n) is 3.19. The second-order valence-corrected chi connectivity index (χ2v) is 4.34. The molecule has 0 aromatic rings. The van der Waals surface area contributed by atoms with Crippen LogP contribution in [-0.4, -0.2) is 26.8 Å². The molecule has 0 rings (SSSR count). The average molecular weight is 159 g/mol. The van der Waals surface area contributed by atoms with E-state index in [4.69, 9.17) is 11.5 Å². The molecule has 0 spiro atoms. The summed E-state index contributed by atoms with van der Waals surface area (Å²) in [6.45, 7) is 5.73. The van der Waals surface area contributed by atoms with E-state index in [2.05, 4.69) is 11.6 Å². The van der Waals surface area contributed by atoms with Crippen LogP contribution in [0.5, 0.6) is 0 Å². The Hall–Kier alpha value is 0.452. The van der Waals surface area contributed by atoms with Crippen LogP contribution < -0.4 is 11.5 Å². The lowest BCUT2D eigenvalue weighted by Crippen LogP contribution is -2.48. The highest BCUT2D eigenvalue weighted by atomic mass is 27.1. The van der Waals surface area contributed by atoms with Gasteiger partial charge in [-0.25, -0.2) is 0 Å². The predicted octanol–water partition coefficient (Wildman–Crippen LogP) is 0.858. The minimum absolute atomic E-state index is 0.0764. The molecule has 0 saturated carbocycles. The zero-order valence-corrected chi connectivity index (χ0v) is 8.96. The van der Waals surface area contributed by atoms with Crippen molar-refractivity contribution in [2.45, 2.75) is 43.9 Å². The quantitative estimate of drug-likeness (QED) is 0.557. The van der Waals surface area contributed by atoms with Crippen molar-refractivity contribution in [3.63, 3.8) is 0 Å². The van der Waals surface area contributed by atoms with E-state index in [0.717, 1.165) is 15.2 Å². The highest BCUT2D eigenvalue weighted by Crippen LogP contribution is 1.98. The first-order valence-electron chi connectivity index (χ1n) is 3.64. The molecule has 0 fully saturated rings. The Morgan fingerprint density at radius 3 is 1.40 bits per heavy atom. The van der Waals surface area contributed by atoms with Gasteiger partial charge in [0.25, 0.3) is 0 Å². The highest BCUT2D eigenvalue weighted by molar-refractivity contribution is 6.31. The van der Waals surface area contributed by atoms with Gasteiger partial charge in [0.15, 0.2) is 15.2 Å². The zero-order valence-electron chi connectivity index (χ0n) is 7.81. The van der Waals surface area contributed by atoms with Gasteiger partial charge in [0.05, 0.1) is 0 Å². The van der Waals surface area contributed by atoms with Crippen LogP contribution in [0.25, 0.3) is 0 Å². The Labute approximate surface area is 71.1 Å². The lowest BCUT2D eigenvalue weighted by Gasteiger charge is -2.22. The molecule has 3 heteroatoms. The molecule has 0 aliphatic carbocycles. The molecule has 4 N–H and O–H groups in total. The van der Waals surface area contributed by atoms with E-state index in [1.807, 2.05) is 20.8 Å². The maximum atomic E-state index is 5.55. The first-order chi connectivity index (χ1) is 4.36. The van der Waals surface area contributed by atoms with E-state index >= 15 is 0 Å². The van der Waals surface area contributed by atoms with Crippen molar-refractivity contribution in [3.05, 3.63) is 0 Å². The Balaban J connectivity index is 0. The topological polar surface area (TPSA) is 52.0 Å². The highest BCUT2D eigenvalue weighted by Gasteiger charge is 2.14. The van der Waals surface area contributed by atoms with E-state index in [1.54, 1.807) is 0 Å². The minimum Gasteiger partial charge on any atom is -0.326 e. The molecule has 0 aromatic carbocycles. The van der Waals surface area contributed by atoms with Crippen LogP contribution in [0.2, 0.25) is 11.6 Å². The van der Waals surface area contributed by atoms with Crippen LogP contribution in [-0.2, 0) is 0 Å². The van der Waals surface area contributed by atoms with Crippen molar-refractivity contribution in [1.82, 2.24) is 0 Å². The lowest BCUT2D eigenvalue weighted by molar-refractivity contribution is 0.433. The Kier molecular flexibility index (Phi) is 8.08. The molecule has 1 radical (unpaired) electrons. The van der Waals surface area contributed by atoms with Crippen LogP contribution in [0.15, 0.2) is 0 Å². The molecule has 0 bridgehead atoms. The molecule has 0 aliphatic rings. The van der Waals surface area contributed by atoms with Gasteiger partial charge in [0.1, 0.15) is 0 Å². The van der Waals surface area contributed by atoms with Gasteiger partial charge in [-0.15, -0.1) is 11.6 Å². The molecule has 0 amide bonds. The lowest BCUT2D eigenvalue weighted by atomic mass is 9.99. The predicted molar refractivity (Wildman–Crippen MR) is 49.4 cm³/mol. The van der Waals surface area contributed by atoms with E-state index in [9.17, 15) is 0 Å². The molecule has 61 valence electrons. The molecule has 10 heavy (non-hydrogen) atoms. The summed E-state index contributed by atoms with van der Waals surface area (Å²) in [5.74, 6) is 4.42. The van der Waals surface area contributed by atoms with Crippen LogP contribution in [0.4, 0.5) is 0 Å². The Bertz CT molecular complexity index is 66.5. The van der Waals surface area contributed by atoms with Crippen molar-refractivity contribution in [2.75, 3.05) is 0 Å². The number of hydrogen-bond acceptors (Lipinski definition) is 2. The van der Waals surface area contributed by atoms with Crippen LogP contribution in [0.3, 0.4) is 0 Å². The summed E-state index contributed by atoms with van der Waals surface area (Å²) in [4.78, 5) is 0. The Morgan fingerprint density at radius 2 is 1.40 bits per heavy atom. The van der Waals surface area contributed by atoms with Crippen LogP contribution >= 0.6 is 0 Å². The molecule has 1 atom stereocenters. The largest absolute Gasteiger partial charge is 0.326 e. The fourth-order valence-electron chi connectivity index (χ4n) is 0. The van der Waals surface area contributed by atoms with Crippen molar-refractivity contribution >= 4 is 15.2 Å². The number of rotatable bonds is 1. The third-order valence-corrected chi connectivity index (χ3v) is 1.17. The van der Waals surface area contributed by atoms with Crippen molar-refractivity contribution in [2.24, 2.45) is 11.5 Å². The maximum Gasteiger partial charge on any atom is 0.191 e. The summed E-state index contributed by atoms with van der Waals surface area (Å²) in [6, 6.07) is 0.0764. The molecule has 0 saturated heterocycles. The van der Waals surface area contributed by atoms with Crippen molar-refractivity contribution < 1.29 is 0 Å². The maximum absolute atomic E-state index is 5.55. The fourth-order valence-corrected chi connectivity index (χ4v) is 0. The zero-order chi connectivity index (χ0) is 8.78. The third kappa shape index (κ3) is 11.3. The van der Waals surface area contributed by atoms with E-state index in [1.165, 1.54) is 0 Å². The van der Waals surface area contributed by atoms with Gasteiger partial charge in [0.2, 0.25) is 0 Å². The summed E-state index contributed by atoms with van der Waals surface area (Å²) in [5.41, 5.74) is 10.8. The Morgan fingerprint density at radius 1 is 1.30 bits per heavy atom. The summed E-state index contributed by atoms with van der Waals surface area (Å²) in [7, 11) is 0. The van der Waals surface area contributed by atoms with Crippen molar-refractivity contribution in [1.29, 1.82) is 0 Å². The monoisotopic (exact) mass is 159 g/mol. The average Bonchev–Trinajstić information content (AvgIpc) is 1.64. The van der Waals surface area contributed by atoms with Gasteiger partial charge < -0.3 is 11.5 Å². The van der Waals surface area contributed by atoms with Gasteiger partial charge in [-0.3, -0.25) is 0 Å². The van der Waals surface area contributed by atoms with Crippen LogP contribution in [0, 0.1) is 0 Å². The number of nitrogens with two attached hydrogens (primary N) is 2. The van der Waals surface area contributed by atoms with Gasteiger partial charge in [0, 0.05) is 11.6 Å². The van der Waals surface area contributed by atoms with Gasteiger partial charge in [-0.05, 0) is 20.8 Å². The minimum atomic E-state index is -0.222. The summed E-state index contributed by atoms with van der Waals surface area (Å²) < 4.78 is 0. The third-order valence-electron chi connectivity index (χ3n) is 1.17. The molecular weight excluding hydrogens is 139 g/mol.